The summed E-state index contributed by atoms with van der Waals surface area (Å²) in [5, 5.41) is 3.81. The summed E-state index contributed by atoms with van der Waals surface area (Å²) in [6.45, 7) is 5.86. The predicted octanol–water partition coefficient (Wildman–Crippen LogP) is 4.94. The van der Waals surface area contributed by atoms with Crippen LogP contribution in [0.5, 0.6) is 0 Å². The molecule has 1 aromatic rings. The van der Waals surface area contributed by atoms with Crippen LogP contribution in [0.4, 0.5) is 0 Å². The highest BCUT2D eigenvalue weighted by atomic mass is 79.9. The average molecular weight is 324 g/mol. The van der Waals surface area contributed by atoms with Gasteiger partial charge < -0.3 is 5.32 Å². The van der Waals surface area contributed by atoms with Gasteiger partial charge in [-0.2, -0.15) is 0 Å². The van der Waals surface area contributed by atoms with Crippen LogP contribution in [0.15, 0.2) is 28.7 Å². The molecule has 106 valence electrons. The Balaban J connectivity index is 2.11. The van der Waals surface area contributed by atoms with Gasteiger partial charge in [-0.3, -0.25) is 0 Å². The lowest BCUT2D eigenvalue weighted by Gasteiger charge is -2.35. The molecule has 0 amide bonds. The van der Waals surface area contributed by atoms with Crippen LogP contribution in [0.25, 0.3) is 0 Å². The second-order valence-electron chi connectivity index (χ2n) is 6.16. The fourth-order valence-electron chi connectivity index (χ4n) is 3.30. The molecular formula is C17H26BrN. The fourth-order valence-corrected chi connectivity index (χ4v) is 3.75. The van der Waals surface area contributed by atoms with E-state index in [2.05, 4.69) is 59.4 Å². The first-order chi connectivity index (χ1) is 9.15. The Morgan fingerprint density at radius 1 is 1.26 bits per heavy atom. The van der Waals surface area contributed by atoms with E-state index in [4.69, 9.17) is 0 Å². The van der Waals surface area contributed by atoms with Gasteiger partial charge in [0.05, 0.1) is 0 Å². The van der Waals surface area contributed by atoms with Gasteiger partial charge in [-0.1, -0.05) is 60.8 Å². The molecule has 0 radical (unpaired) electrons. The van der Waals surface area contributed by atoms with Gasteiger partial charge in [0.15, 0.2) is 0 Å². The number of hydrogen-bond acceptors (Lipinski definition) is 1. The molecule has 0 aliphatic heterocycles. The smallest absolute Gasteiger partial charge is 0.0207 e. The minimum atomic E-state index is 0.477. The Kier molecular flexibility index (Phi) is 5.47. The van der Waals surface area contributed by atoms with Crippen LogP contribution in [0.2, 0.25) is 0 Å². The molecule has 0 saturated heterocycles. The third-order valence-corrected chi connectivity index (χ3v) is 5.38. The number of rotatable bonds is 6. The normalized spacial score (nSPS) is 19.5. The molecule has 1 fully saturated rings. The Bertz CT molecular complexity index is 396. The van der Waals surface area contributed by atoms with E-state index >= 15 is 0 Å². The maximum Gasteiger partial charge on any atom is 0.0207 e. The van der Waals surface area contributed by atoms with E-state index in [-0.39, 0.29) is 0 Å². The summed E-state index contributed by atoms with van der Waals surface area (Å²) in [5.41, 5.74) is 1.91. The minimum absolute atomic E-state index is 0.477. The lowest BCUT2D eigenvalue weighted by Crippen LogP contribution is -2.44. The Hall–Kier alpha value is -0.340. The molecule has 0 heterocycles. The molecule has 2 heteroatoms. The highest BCUT2D eigenvalue weighted by Gasteiger charge is 2.36. The molecule has 0 spiro atoms. The molecule has 1 N–H and O–H groups in total. The van der Waals surface area contributed by atoms with Gasteiger partial charge in [-0.05, 0) is 49.3 Å². The van der Waals surface area contributed by atoms with Gasteiger partial charge in [0.1, 0.15) is 0 Å². The molecule has 2 rings (SSSR count). The molecule has 0 aromatic heterocycles. The van der Waals surface area contributed by atoms with Gasteiger partial charge in [0.2, 0.25) is 0 Å². The number of hydrogen-bond donors (Lipinski definition) is 1. The van der Waals surface area contributed by atoms with Crippen LogP contribution in [-0.2, 0) is 6.42 Å². The molecule has 1 aromatic carbocycles. The van der Waals surface area contributed by atoms with Gasteiger partial charge in [-0.25, -0.2) is 0 Å². The van der Waals surface area contributed by atoms with E-state index in [0.717, 1.165) is 13.0 Å². The number of benzene rings is 1. The van der Waals surface area contributed by atoms with Crippen LogP contribution in [0.3, 0.4) is 0 Å². The zero-order valence-corrected chi connectivity index (χ0v) is 13.8. The summed E-state index contributed by atoms with van der Waals surface area (Å²) in [7, 11) is 0. The molecule has 0 bridgehead atoms. The zero-order chi connectivity index (χ0) is 13.7. The maximum absolute atomic E-state index is 3.81. The number of nitrogens with one attached hydrogen (secondary N) is 1. The van der Waals surface area contributed by atoms with Crippen LogP contribution >= 0.6 is 15.9 Å². The van der Waals surface area contributed by atoms with Crippen molar-refractivity contribution in [2.45, 2.75) is 58.4 Å². The second-order valence-corrected chi connectivity index (χ2v) is 7.02. The summed E-state index contributed by atoms with van der Waals surface area (Å²) < 4.78 is 1.25. The van der Waals surface area contributed by atoms with E-state index in [0.29, 0.717) is 11.5 Å². The van der Waals surface area contributed by atoms with Crippen molar-refractivity contribution in [2.75, 3.05) is 6.54 Å². The molecule has 1 saturated carbocycles. The third-order valence-electron chi connectivity index (χ3n) is 4.61. The summed E-state index contributed by atoms with van der Waals surface area (Å²) >= 11 is 3.69. The lowest BCUT2D eigenvalue weighted by atomic mass is 9.77. The topological polar surface area (TPSA) is 12.0 Å². The fraction of sp³-hybridized carbons (Fsp3) is 0.647. The van der Waals surface area contributed by atoms with Gasteiger partial charge in [-0.15, -0.1) is 0 Å². The lowest BCUT2D eigenvalue weighted by molar-refractivity contribution is 0.219. The van der Waals surface area contributed by atoms with Gasteiger partial charge >= 0.3 is 0 Å². The quantitative estimate of drug-likeness (QED) is 0.781. The number of halogens is 1. The summed E-state index contributed by atoms with van der Waals surface area (Å²) in [6.07, 6.45) is 7.89. The van der Waals surface area contributed by atoms with E-state index < -0.39 is 0 Å². The third kappa shape index (κ3) is 3.82. The largest absolute Gasteiger partial charge is 0.313 e. The minimum Gasteiger partial charge on any atom is -0.313 e. The molecule has 1 nitrogen and oxygen atoms in total. The Morgan fingerprint density at radius 3 is 2.58 bits per heavy atom. The van der Waals surface area contributed by atoms with Crippen molar-refractivity contribution in [1.82, 2.24) is 5.32 Å². The predicted molar refractivity (Wildman–Crippen MR) is 86.5 cm³/mol. The van der Waals surface area contributed by atoms with Crippen molar-refractivity contribution in [2.24, 2.45) is 5.41 Å². The summed E-state index contributed by atoms with van der Waals surface area (Å²) in [6, 6.07) is 9.26. The highest BCUT2D eigenvalue weighted by Crippen LogP contribution is 2.42. The molecule has 1 aliphatic rings. The molecular weight excluding hydrogens is 298 g/mol. The van der Waals surface area contributed by atoms with Gasteiger partial charge in [0, 0.05) is 10.5 Å². The summed E-state index contributed by atoms with van der Waals surface area (Å²) in [4.78, 5) is 0. The van der Waals surface area contributed by atoms with Crippen LogP contribution in [-0.4, -0.2) is 12.6 Å². The SMILES string of the molecule is CCCNC(Cc1ccccc1Br)C1(C)CCCC1. The zero-order valence-electron chi connectivity index (χ0n) is 12.2. The first-order valence-corrected chi connectivity index (χ1v) is 8.42. The van der Waals surface area contributed by atoms with Crippen molar-refractivity contribution >= 4 is 15.9 Å². The highest BCUT2D eigenvalue weighted by molar-refractivity contribution is 9.10. The second kappa shape index (κ2) is 6.90. The first-order valence-electron chi connectivity index (χ1n) is 7.62. The Morgan fingerprint density at radius 2 is 1.95 bits per heavy atom. The van der Waals surface area contributed by atoms with Crippen molar-refractivity contribution in [3.05, 3.63) is 34.3 Å². The van der Waals surface area contributed by atoms with Crippen LogP contribution in [0, 0.1) is 5.41 Å². The summed E-state index contributed by atoms with van der Waals surface area (Å²) in [5.74, 6) is 0. The average Bonchev–Trinajstić information content (AvgIpc) is 2.84. The van der Waals surface area contributed by atoms with Crippen molar-refractivity contribution < 1.29 is 0 Å². The van der Waals surface area contributed by atoms with Crippen molar-refractivity contribution in [3.8, 4) is 0 Å². The monoisotopic (exact) mass is 323 g/mol. The molecule has 1 atom stereocenters. The van der Waals surface area contributed by atoms with E-state index in [1.54, 1.807) is 0 Å². The maximum atomic E-state index is 3.81. The Labute approximate surface area is 126 Å². The van der Waals surface area contributed by atoms with Crippen LogP contribution in [0.1, 0.15) is 51.5 Å². The van der Waals surface area contributed by atoms with Crippen LogP contribution < -0.4 is 5.32 Å². The van der Waals surface area contributed by atoms with Crippen molar-refractivity contribution in [1.29, 1.82) is 0 Å². The van der Waals surface area contributed by atoms with E-state index in [9.17, 15) is 0 Å². The molecule has 1 aliphatic carbocycles. The van der Waals surface area contributed by atoms with Crippen molar-refractivity contribution in [3.63, 3.8) is 0 Å². The molecule has 19 heavy (non-hydrogen) atoms. The molecule has 1 unspecified atom stereocenters. The van der Waals surface area contributed by atoms with E-state index in [1.165, 1.54) is 42.1 Å². The van der Waals surface area contributed by atoms with E-state index in [1.807, 2.05) is 0 Å². The van der Waals surface area contributed by atoms with Gasteiger partial charge in [0.25, 0.3) is 0 Å². The standard InChI is InChI=1S/C17H26BrN/c1-3-12-19-16(17(2)10-6-7-11-17)13-14-8-4-5-9-15(14)18/h4-5,8-9,16,19H,3,6-7,10-13H2,1-2H3. The first kappa shape index (κ1) is 15.1.